The number of urea groups is 1. The Hall–Kier alpha value is -3.17. The number of nitrogens with zero attached hydrogens (tertiary/aromatic N) is 2. The Balaban J connectivity index is 1.51. The molecule has 0 bridgehead atoms. The van der Waals surface area contributed by atoms with Crippen LogP contribution in [0.15, 0.2) is 48.5 Å². The molecule has 3 amide bonds. The van der Waals surface area contributed by atoms with Crippen LogP contribution in [0.25, 0.3) is 0 Å². The van der Waals surface area contributed by atoms with Gasteiger partial charge in [-0.2, -0.15) is 0 Å². The highest BCUT2D eigenvalue weighted by Crippen LogP contribution is 2.19. The van der Waals surface area contributed by atoms with Gasteiger partial charge >= 0.3 is 6.03 Å². The second-order valence-electron chi connectivity index (χ2n) is 5.54. The van der Waals surface area contributed by atoms with E-state index in [9.17, 15) is 9.59 Å². The fraction of sp³-hybridized carbons (Fsp3) is 0.111. The number of rotatable bonds is 6. The zero-order valence-corrected chi connectivity index (χ0v) is 16.3. The predicted molar refractivity (Wildman–Crippen MR) is 109 cm³/mol. The standard InChI is InChI=1S/C18H16ClN5O3S/c1-27-14-7-5-12(6-8-14)20-15(25)10-16-23-24-18(28-16)22-17(26)21-13-4-2-3-11(19)9-13/h2-9H,10H2,1H3,(H,20,25)(H2,21,22,24,26). The summed E-state index contributed by atoms with van der Waals surface area (Å²) in [5.74, 6) is 0.463. The second kappa shape index (κ2) is 9.16. The summed E-state index contributed by atoms with van der Waals surface area (Å²) in [5.41, 5.74) is 1.20. The topological polar surface area (TPSA) is 105 Å². The molecule has 0 atom stereocenters. The molecule has 8 nitrogen and oxygen atoms in total. The molecule has 0 radical (unpaired) electrons. The van der Waals surface area contributed by atoms with Gasteiger partial charge in [-0.25, -0.2) is 4.79 Å². The number of hydrogen-bond donors (Lipinski definition) is 3. The monoisotopic (exact) mass is 417 g/mol. The fourth-order valence-electron chi connectivity index (χ4n) is 2.22. The van der Waals surface area contributed by atoms with E-state index >= 15 is 0 Å². The lowest BCUT2D eigenvalue weighted by Crippen LogP contribution is -2.19. The van der Waals surface area contributed by atoms with Crippen LogP contribution in [0.2, 0.25) is 5.02 Å². The first-order valence-corrected chi connectivity index (χ1v) is 9.31. The van der Waals surface area contributed by atoms with E-state index in [0.717, 1.165) is 11.3 Å². The molecule has 28 heavy (non-hydrogen) atoms. The molecule has 0 saturated heterocycles. The summed E-state index contributed by atoms with van der Waals surface area (Å²) in [4.78, 5) is 24.1. The van der Waals surface area contributed by atoms with Crippen LogP contribution in [0.4, 0.5) is 21.3 Å². The molecule has 0 saturated carbocycles. The highest BCUT2D eigenvalue weighted by molar-refractivity contribution is 7.15. The SMILES string of the molecule is COc1ccc(NC(=O)Cc2nnc(NC(=O)Nc3cccc(Cl)c3)s2)cc1. The normalized spacial score (nSPS) is 10.2. The fourth-order valence-corrected chi connectivity index (χ4v) is 3.14. The van der Waals surface area contributed by atoms with Crippen LogP contribution in [0, 0.1) is 0 Å². The molecule has 3 aromatic rings. The van der Waals surface area contributed by atoms with E-state index in [1.807, 2.05) is 0 Å². The number of carbonyl (C=O) groups is 2. The third-order valence-electron chi connectivity index (χ3n) is 3.46. The minimum absolute atomic E-state index is 0.0429. The van der Waals surface area contributed by atoms with Gasteiger partial charge in [-0.05, 0) is 42.5 Å². The Morgan fingerprint density at radius 1 is 1.04 bits per heavy atom. The Bertz CT molecular complexity index is 977. The molecule has 3 N–H and O–H groups in total. The van der Waals surface area contributed by atoms with E-state index in [2.05, 4.69) is 26.1 Å². The number of nitrogens with one attached hydrogen (secondary N) is 3. The van der Waals surface area contributed by atoms with Crippen molar-refractivity contribution < 1.29 is 14.3 Å². The molecule has 1 aromatic heterocycles. The van der Waals surface area contributed by atoms with E-state index in [1.54, 1.807) is 55.6 Å². The molecule has 1 heterocycles. The first kappa shape index (κ1) is 19.6. The van der Waals surface area contributed by atoms with Crippen LogP contribution >= 0.6 is 22.9 Å². The number of benzene rings is 2. The van der Waals surface area contributed by atoms with Crippen molar-refractivity contribution in [3.63, 3.8) is 0 Å². The maximum atomic E-state index is 12.1. The summed E-state index contributed by atoms with van der Waals surface area (Å²) >= 11 is 7.00. The van der Waals surface area contributed by atoms with Gasteiger partial charge in [-0.1, -0.05) is 29.0 Å². The number of halogens is 1. The third kappa shape index (κ3) is 5.66. The summed E-state index contributed by atoms with van der Waals surface area (Å²) < 4.78 is 5.07. The zero-order chi connectivity index (χ0) is 19.9. The van der Waals surface area contributed by atoms with E-state index in [4.69, 9.17) is 16.3 Å². The largest absolute Gasteiger partial charge is 0.497 e. The Morgan fingerprint density at radius 2 is 1.82 bits per heavy atom. The van der Waals surface area contributed by atoms with Crippen molar-refractivity contribution >= 4 is 51.4 Å². The molecule has 3 rings (SSSR count). The molecule has 0 aliphatic rings. The van der Waals surface area contributed by atoms with Gasteiger partial charge in [0.05, 0.1) is 13.5 Å². The van der Waals surface area contributed by atoms with Crippen LogP contribution in [0.3, 0.4) is 0 Å². The van der Waals surface area contributed by atoms with Gasteiger partial charge in [0, 0.05) is 16.4 Å². The van der Waals surface area contributed by atoms with Crippen LogP contribution in [0.5, 0.6) is 5.75 Å². The van der Waals surface area contributed by atoms with E-state index in [-0.39, 0.29) is 17.5 Å². The summed E-state index contributed by atoms with van der Waals surface area (Å²) in [6.45, 7) is 0. The van der Waals surface area contributed by atoms with Gasteiger partial charge in [0.15, 0.2) is 0 Å². The minimum Gasteiger partial charge on any atom is -0.497 e. The van der Waals surface area contributed by atoms with Gasteiger partial charge in [0.1, 0.15) is 10.8 Å². The van der Waals surface area contributed by atoms with Crippen molar-refractivity contribution in [3.05, 3.63) is 58.6 Å². The quantitative estimate of drug-likeness (QED) is 0.561. The average molecular weight is 418 g/mol. The zero-order valence-electron chi connectivity index (χ0n) is 14.7. The molecule has 0 aliphatic carbocycles. The Labute approximate surface area is 169 Å². The van der Waals surface area contributed by atoms with Crippen LogP contribution in [-0.2, 0) is 11.2 Å². The lowest BCUT2D eigenvalue weighted by Gasteiger charge is -2.05. The number of hydrogen-bond acceptors (Lipinski definition) is 6. The minimum atomic E-state index is -0.479. The van der Waals surface area contributed by atoms with Crippen molar-refractivity contribution in [2.45, 2.75) is 6.42 Å². The van der Waals surface area contributed by atoms with Crippen LogP contribution in [-0.4, -0.2) is 29.2 Å². The molecule has 0 fully saturated rings. The van der Waals surface area contributed by atoms with Gasteiger partial charge < -0.3 is 15.4 Å². The lowest BCUT2D eigenvalue weighted by molar-refractivity contribution is -0.115. The van der Waals surface area contributed by atoms with Gasteiger partial charge in [0.25, 0.3) is 0 Å². The molecule has 0 unspecified atom stereocenters. The summed E-state index contributed by atoms with van der Waals surface area (Å²) in [5, 5.41) is 17.0. The van der Waals surface area contributed by atoms with Crippen molar-refractivity contribution in [1.29, 1.82) is 0 Å². The predicted octanol–water partition coefficient (Wildman–Crippen LogP) is 4.03. The molecule has 0 spiro atoms. The van der Waals surface area contributed by atoms with E-state index < -0.39 is 6.03 Å². The van der Waals surface area contributed by atoms with Crippen molar-refractivity contribution in [2.75, 3.05) is 23.1 Å². The Kier molecular flexibility index (Phi) is 6.41. The van der Waals surface area contributed by atoms with Crippen LogP contribution < -0.4 is 20.7 Å². The Morgan fingerprint density at radius 3 is 2.54 bits per heavy atom. The third-order valence-corrected chi connectivity index (χ3v) is 4.53. The summed E-state index contributed by atoms with van der Waals surface area (Å²) in [6.07, 6.45) is 0.0429. The van der Waals surface area contributed by atoms with Crippen LogP contribution in [0.1, 0.15) is 5.01 Å². The number of amides is 3. The highest BCUT2D eigenvalue weighted by Gasteiger charge is 2.12. The van der Waals surface area contributed by atoms with Gasteiger partial charge in [0.2, 0.25) is 11.0 Å². The van der Waals surface area contributed by atoms with Crippen molar-refractivity contribution in [1.82, 2.24) is 10.2 Å². The number of anilines is 3. The molecule has 2 aromatic carbocycles. The number of methoxy groups -OCH3 is 1. The number of aromatic nitrogens is 2. The smallest absolute Gasteiger partial charge is 0.325 e. The molecule has 10 heteroatoms. The molecule has 0 aliphatic heterocycles. The van der Waals surface area contributed by atoms with E-state index in [0.29, 0.717) is 27.2 Å². The highest BCUT2D eigenvalue weighted by atomic mass is 35.5. The molecular formula is C18H16ClN5O3S. The number of carbonyl (C=O) groups excluding carboxylic acids is 2. The van der Waals surface area contributed by atoms with Gasteiger partial charge in [-0.3, -0.25) is 10.1 Å². The summed E-state index contributed by atoms with van der Waals surface area (Å²) in [6, 6.07) is 13.3. The molecular weight excluding hydrogens is 402 g/mol. The molecule has 144 valence electrons. The second-order valence-corrected chi connectivity index (χ2v) is 7.04. The van der Waals surface area contributed by atoms with Gasteiger partial charge in [-0.15, -0.1) is 10.2 Å². The lowest BCUT2D eigenvalue weighted by atomic mass is 10.3. The first-order valence-electron chi connectivity index (χ1n) is 8.11. The average Bonchev–Trinajstić information content (AvgIpc) is 3.08. The number of ether oxygens (including phenoxy) is 1. The van der Waals surface area contributed by atoms with E-state index in [1.165, 1.54) is 0 Å². The first-order chi connectivity index (χ1) is 13.5. The maximum Gasteiger partial charge on any atom is 0.325 e. The maximum absolute atomic E-state index is 12.1. The summed E-state index contributed by atoms with van der Waals surface area (Å²) in [7, 11) is 1.57. The van der Waals surface area contributed by atoms with Crippen molar-refractivity contribution in [2.24, 2.45) is 0 Å². The van der Waals surface area contributed by atoms with Crippen molar-refractivity contribution in [3.8, 4) is 5.75 Å².